The molecule has 3 aromatic rings. The van der Waals surface area contributed by atoms with E-state index in [1.165, 1.54) is 5.56 Å². The van der Waals surface area contributed by atoms with Crippen molar-refractivity contribution in [3.05, 3.63) is 70.9 Å². The molecule has 29 heavy (non-hydrogen) atoms. The molecular formula is C24H27N3O2. The molecule has 1 atom stereocenters. The van der Waals surface area contributed by atoms with Gasteiger partial charge in [0.05, 0.1) is 18.8 Å². The monoisotopic (exact) mass is 389 g/mol. The molecule has 0 fully saturated rings. The Morgan fingerprint density at radius 2 is 1.79 bits per heavy atom. The minimum atomic E-state index is -0.120. The van der Waals surface area contributed by atoms with Gasteiger partial charge in [0.15, 0.2) is 0 Å². The minimum Gasteiger partial charge on any atom is -0.497 e. The van der Waals surface area contributed by atoms with Crippen molar-refractivity contribution in [2.75, 3.05) is 13.7 Å². The summed E-state index contributed by atoms with van der Waals surface area (Å²) in [7, 11) is 1.65. The van der Waals surface area contributed by atoms with Gasteiger partial charge in [0.1, 0.15) is 11.4 Å². The molecule has 0 spiro atoms. The molecule has 1 aromatic heterocycles. The summed E-state index contributed by atoms with van der Waals surface area (Å²) in [5.41, 5.74) is 5.72. The number of aromatic amines is 1. The summed E-state index contributed by atoms with van der Waals surface area (Å²) < 4.78 is 5.28. The van der Waals surface area contributed by atoms with E-state index in [1.807, 2.05) is 29.2 Å². The molecule has 5 nitrogen and oxygen atoms in total. The maximum atomic E-state index is 13.2. The van der Waals surface area contributed by atoms with Crippen molar-refractivity contribution in [3.8, 4) is 17.0 Å². The van der Waals surface area contributed by atoms with Crippen molar-refractivity contribution in [2.45, 2.75) is 39.2 Å². The number of nitrogens with one attached hydrogen (secondary N) is 1. The first-order valence-electron chi connectivity index (χ1n) is 10.2. The third-order valence-corrected chi connectivity index (χ3v) is 5.62. The number of benzene rings is 2. The van der Waals surface area contributed by atoms with Gasteiger partial charge >= 0.3 is 0 Å². The van der Waals surface area contributed by atoms with E-state index >= 15 is 0 Å². The van der Waals surface area contributed by atoms with Gasteiger partial charge in [-0.3, -0.25) is 9.89 Å². The first-order chi connectivity index (χ1) is 14.1. The lowest BCUT2D eigenvalue weighted by Gasteiger charge is -2.26. The average Bonchev–Trinajstić information content (AvgIpc) is 3.29. The number of ether oxygens (including phenoxy) is 1. The molecule has 0 bridgehead atoms. The molecule has 0 radical (unpaired) electrons. The predicted molar refractivity (Wildman–Crippen MR) is 114 cm³/mol. The highest BCUT2D eigenvalue weighted by atomic mass is 16.5. The maximum absolute atomic E-state index is 13.2. The van der Waals surface area contributed by atoms with E-state index in [0.717, 1.165) is 53.9 Å². The molecule has 2 aromatic carbocycles. The van der Waals surface area contributed by atoms with Crippen LogP contribution in [0.2, 0.25) is 0 Å². The van der Waals surface area contributed by atoms with Crippen LogP contribution in [0.4, 0.5) is 0 Å². The lowest BCUT2D eigenvalue weighted by molar-refractivity contribution is 0.0740. The highest BCUT2D eigenvalue weighted by Crippen LogP contribution is 2.43. The fourth-order valence-corrected chi connectivity index (χ4v) is 4.02. The molecular weight excluding hydrogens is 362 g/mol. The Hall–Kier alpha value is -3.08. The second-order valence-corrected chi connectivity index (χ2v) is 7.61. The van der Waals surface area contributed by atoms with Crippen molar-refractivity contribution < 1.29 is 9.53 Å². The molecule has 2 heterocycles. The zero-order chi connectivity index (χ0) is 20.4. The quantitative estimate of drug-likeness (QED) is 0.570. The molecule has 1 N–H and O–H groups in total. The van der Waals surface area contributed by atoms with Crippen LogP contribution in [0.15, 0.2) is 48.5 Å². The number of aromatic nitrogens is 2. The summed E-state index contributed by atoms with van der Waals surface area (Å²) in [5.74, 6) is 0.835. The Morgan fingerprint density at radius 3 is 2.45 bits per heavy atom. The highest BCUT2D eigenvalue weighted by molar-refractivity contribution is 6.00. The summed E-state index contributed by atoms with van der Waals surface area (Å²) in [6, 6.07) is 16.2. The number of fused-ring (bicyclic) bond motifs is 1. The highest BCUT2D eigenvalue weighted by Gasteiger charge is 2.41. The van der Waals surface area contributed by atoms with E-state index in [2.05, 4.69) is 48.3 Å². The minimum absolute atomic E-state index is 0.0361. The number of rotatable bonds is 7. The van der Waals surface area contributed by atoms with Crippen molar-refractivity contribution in [3.63, 3.8) is 0 Å². The largest absolute Gasteiger partial charge is 0.497 e. The Balaban J connectivity index is 1.79. The van der Waals surface area contributed by atoms with Crippen LogP contribution in [0.1, 0.15) is 59.4 Å². The van der Waals surface area contributed by atoms with Gasteiger partial charge in [-0.2, -0.15) is 5.10 Å². The van der Waals surface area contributed by atoms with Gasteiger partial charge in [0.25, 0.3) is 5.91 Å². The fourth-order valence-electron chi connectivity index (χ4n) is 4.02. The number of amides is 1. The number of hydrogen-bond donors (Lipinski definition) is 1. The van der Waals surface area contributed by atoms with Crippen LogP contribution in [0.5, 0.6) is 5.75 Å². The number of nitrogens with zero attached hydrogens (tertiary/aromatic N) is 2. The van der Waals surface area contributed by atoms with Gasteiger partial charge in [0, 0.05) is 17.7 Å². The van der Waals surface area contributed by atoms with E-state index in [1.54, 1.807) is 7.11 Å². The van der Waals surface area contributed by atoms with Crippen LogP contribution in [0.25, 0.3) is 11.3 Å². The van der Waals surface area contributed by atoms with Gasteiger partial charge in [0.2, 0.25) is 0 Å². The number of hydrogen-bond acceptors (Lipinski definition) is 3. The topological polar surface area (TPSA) is 58.2 Å². The summed E-state index contributed by atoms with van der Waals surface area (Å²) >= 11 is 0. The lowest BCUT2D eigenvalue weighted by atomic mass is 9.95. The molecule has 4 rings (SSSR count). The van der Waals surface area contributed by atoms with Crippen molar-refractivity contribution >= 4 is 5.91 Å². The summed E-state index contributed by atoms with van der Waals surface area (Å²) in [6.45, 7) is 5.00. The number of carbonyl (C=O) groups excluding carboxylic acids is 1. The number of unbranched alkanes of at least 4 members (excludes halogenated alkanes) is 2. The van der Waals surface area contributed by atoms with Crippen molar-refractivity contribution in [1.29, 1.82) is 0 Å². The Labute approximate surface area is 171 Å². The molecule has 0 aliphatic carbocycles. The summed E-state index contributed by atoms with van der Waals surface area (Å²) in [5, 5.41) is 7.55. The van der Waals surface area contributed by atoms with Crippen molar-refractivity contribution in [1.82, 2.24) is 15.1 Å². The van der Waals surface area contributed by atoms with Crippen molar-refractivity contribution in [2.24, 2.45) is 0 Å². The van der Waals surface area contributed by atoms with Crippen LogP contribution in [0, 0.1) is 6.92 Å². The number of aryl methyl sites for hydroxylation is 1. The van der Waals surface area contributed by atoms with Crippen LogP contribution in [0.3, 0.4) is 0 Å². The van der Waals surface area contributed by atoms with Gasteiger partial charge in [-0.1, -0.05) is 49.6 Å². The zero-order valence-electron chi connectivity index (χ0n) is 17.2. The van der Waals surface area contributed by atoms with E-state index in [0.29, 0.717) is 5.69 Å². The van der Waals surface area contributed by atoms with Gasteiger partial charge in [-0.25, -0.2) is 0 Å². The number of H-pyrrole nitrogens is 1. The molecule has 0 saturated carbocycles. The smallest absolute Gasteiger partial charge is 0.273 e. The number of methoxy groups -OCH3 is 1. The van der Waals surface area contributed by atoms with Gasteiger partial charge in [-0.05, 0) is 43.2 Å². The van der Waals surface area contributed by atoms with Crippen LogP contribution in [-0.4, -0.2) is 34.7 Å². The first-order valence-corrected chi connectivity index (χ1v) is 10.2. The molecule has 1 aliphatic rings. The summed E-state index contributed by atoms with van der Waals surface area (Å²) in [4.78, 5) is 15.2. The van der Waals surface area contributed by atoms with E-state index in [-0.39, 0.29) is 11.9 Å². The van der Waals surface area contributed by atoms with E-state index in [4.69, 9.17) is 4.74 Å². The standard InChI is InChI=1S/C24H27N3O2/c1-4-5-6-15-27-23(18-9-7-16(2)8-10-18)20-21(25-26-22(20)24(27)28)17-11-13-19(29-3)14-12-17/h7-14,23H,4-6,15H2,1-3H3,(H,25,26). The second kappa shape index (κ2) is 8.11. The normalized spacial score (nSPS) is 15.6. The molecule has 150 valence electrons. The maximum Gasteiger partial charge on any atom is 0.273 e. The number of carbonyl (C=O) groups is 1. The van der Waals surface area contributed by atoms with Gasteiger partial charge in [-0.15, -0.1) is 0 Å². The average molecular weight is 389 g/mol. The molecule has 0 saturated heterocycles. The molecule has 1 aliphatic heterocycles. The molecule has 1 amide bonds. The van der Waals surface area contributed by atoms with Crippen LogP contribution >= 0.6 is 0 Å². The zero-order valence-corrected chi connectivity index (χ0v) is 17.2. The Morgan fingerprint density at radius 1 is 1.07 bits per heavy atom. The van der Waals surface area contributed by atoms with E-state index in [9.17, 15) is 4.79 Å². The van der Waals surface area contributed by atoms with E-state index < -0.39 is 0 Å². The first kappa shape index (κ1) is 19.2. The Kier molecular flexibility index (Phi) is 5.38. The summed E-state index contributed by atoms with van der Waals surface area (Å²) in [6.07, 6.45) is 3.24. The fraction of sp³-hybridized carbons (Fsp3) is 0.333. The van der Waals surface area contributed by atoms with Crippen LogP contribution in [-0.2, 0) is 0 Å². The van der Waals surface area contributed by atoms with Crippen LogP contribution < -0.4 is 4.74 Å². The predicted octanol–water partition coefficient (Wildman–Crippen LogP) is 5.13. The van der Waals surface area contributed by atoms with Gasteiger partial charge < -0.3 is 9.64 Å². The Bertz CT molecular complexity index is 990. The second-order valence-electron chi connectivity index (χ2n) is 7.61. The SMILES string of the molecule is CCCCCN1C(=O)c2[nH]nc(-c3ccc(OC)cc3)c2C1c1ccc(C)cc1. The molecule has 5 heteroatoms. The third-order valence-electron chi connectivity index (χ3n) is 5.62. The molecule has 1 unspecified atom stereocenters. The third kappa shape index (κ3) is 3.53. The lowest BCUT2D eigenvalue weighted by Crippen LogP contribution is -2.30.